The molecule has 3 rings (SSSR count). The van der Waals surface area contributed by atoms with Crippen LogP contribution in [0.5, 0.6) is 11.5 Å². The average molecular weight is 364 g/mol. The molecule has 0 saturated carbocycles. The highest BCUT2D eigenvalue weighted by Gasteiger charge is 2.29. The molecule has 0 radical (unpaired) electrons. The van der Waals surface area contributed by atoms with Gasteiger partial charge in [0.1, 0.15) is 29.1 Å². The van der Waals surface area contributed by atoms with Gasteiger partial charge in [0.15, 0.2) is 0 Å². The van der Waals surface area contributed by atoms with Crippen LogP contribution in [0.2, 0.25) is 0 Å². The van der Waals surface area contributed by atoms with E-state index in [1.807, 2.05) is 0 Å². The second-order valence-corrected chi connectivity index (χ2v) is 5.99. The van der Waals surface area contributed by atoms with Crippen LogP contribution < -0.4 is 14.4 Å². The molecule has 8 heteroatoms. The Morgan fingerprint density at radius 1 is 1.12 bits per heavy atom. The van der Waals surface area contributed by atoms with Crippen molar-refractivity contribution in [1.82, 2.24) is 0 Å². The zero-order valence-corrected chi connectivity index (χ0v) is 14.2. The monoisotopic (exact) mass is 364 g/mol. The van der Waals surface area contributed by atoms with Crippen LogP contribution in [0.25, 0.3) is 0 Å². The van der Waals surface area contributed by atoms with E-state index < -0.39 is 16.4 Å². The van der Waals surface area contributed by atoms with Crippen LogP contribution in [0.3, 0.4) is 0 Å². The Kier molecular flexibility index (Phi) is 5.20. The lowest BCUT2D eigenvalue weighted by molar-refractivity contribution is -0.386. The van der Waals surface area contributed by atoms with Gasteiger partial charge in [0.2, 0.25) is 5.82 Å². The Morgan fingerprint density at radius 2 is 1.77 bits per heavy atom. The second kappa shape index (κ2) is 7.55. The number of anilines is 1. The van der Waals surface area contributed by atoms with E-state index in [9.17, 15) is 18.9 Å². The number of nitrogens with zero attached hydrogens (tertiary/aromatic N) is 2. The van der Waals surface area contributed by atoms with Gasteiger partial charge in [-0.2, -0.15) is 4.39 Å². The Morgan fingerprint density at radius 3 is 2.35 bits per heavy atom. The maximum atomic E-state index is 14.1. The molecular formula is C18H18F2N2O4. The van der Waals surface area contributed by atoms with Crippen molar-refractivity contribution in [3.63, 3.8) is 0 Å². The SMILES string of the molecule is COc1cc(F)c([N+](=O)[O-])c(N2CCC(Oc3ccc(F)cc3)CC2)c1. The summed E-state index contributed by atoms with van der Waals surface area (Å²) in [6, 6.07) is 8.25. The van der Waals surface area contributed by atoms with Crippen molar-refractivity contribution in [2.75, 3.05) is 25.1 Å². The van der Waals surface area contributed by atoms with Crippen LogP contribution in [0.1, 0.15) is 12.8 Å². The van der Waals surface area contributed by atoms with E-state index in [4.69, 9.17) is 9.47 Å². The van der Waals surface area contributed by atoms with Gasteiger partial charge in [0.25, 0.3) is 0 Å². The highest BCUT2D eigenvalue weighted by molar-refractivity contribution is 5.66. The third-order valence-corrected chi connectivity index (χ3v) is 4.33. The summed E-state index contributed by atoms with van der Waals surface area (Å²) in [7, 11) is 1.38. The standard InChI is InChI=1S/C18H18F2N2O4/c1-25-15-10-16(20)18(22(23)24)17(11-15)21-8-6-14(7-9-21)26-13-4-2-12(19)3-5-13/h2-5,10-11,14H,6-9H2,1H3. The minimum absolute atomic E-state index is 0.0915. The average Bonchev–Trinajstić information content (AvgIpc) is 2.63. The molecule has 2 aromatic carbocycles. The van der Waals surface area contributed by atoms with E-state index in [1.165, 1.54) is 25.3 Å². The van der Waals surface area contributed by atoms with Crippen molar-refractivity contribution in [2.45, 2.75) is 18.9 Å². The fraction of sp³-hybridized carbons (Fsp3) is 0.333. The third-order valence-electron chi connectivity index (χ3n) is 4.33. The first-order chi connectivity index (χ1) is 12.5. The van der Waals surface area contributed by atoms with E-state index >= 15 is 0 Å². The fourth-order valence-corrected chi connectivity index (χ4v) is 3.02. The molecule has 1 aliphatic heterocycles. The van der Waals surface area contributed by atoms with E-state index in [1.54, 1.807) is 17.0 Å². The van der Waals surface area contributed by atoms with Gasteiger partial charge in [0, 0.05) is 38.1 Å². The molecule has 1 saturated heterocycles. The molecule has 1 heterocycles. The van der Waals surface area contributed by atoms with Crippen LogP contribution in [-0.4, -0.2) is 31.2 Å². The predicted octanol–water partition coefficient (Wildman–Crippen LogP) is 3.93. The number of nitro groups is 1. The first-order valence-electron chi connectivity index (χ1n) is 8.17. The van der Waals surface area contributed by atoms with E-state index in [2.05, 4.69) is 0 Å². The van der Waals surface area contributed by atoms with Crippen LogP contribution in [0.15, 0.2) is 36.4 Å². The summed E-state index contributed by atoms with van der Waals surface area (Å²) < 4.78 is 37.9. The summed E-state index contributed by atoms with van der Waals surface area (Å²) in [6.45, 7) is 0.943. The van der Waals surface area contributed by atoms with Crippen molar-refractivity contribution in [1.29, 1.82) is 0 Å². The van der Waals surface area contributed by atoms with Gasteiger partial charge < -0.3 is 14.4 Å². The number of hydrogen-bond acceptors (Lipinski definition) is 5. The number of ether oxygens (including phenoxy) is 2. The zero-order chi connectivity index (χ0) is 18.7. The molecule has 1 fully saturated rings. The summed E-state index contributed by atoms with van der Waals surface area (Å²) in [4.78, 5) is 12.3. The second-order valence-electron chi connectivity index (χ2n) is 5.99. The van der Waals surface area contributed by atoms with Gasteiger partial charge in [-0.15, -0.1) is 0 Å². The lowest BCUT2D eigenvalue weighted by Gasteiger charge is -2.33. The van der Waals surface area contributed by atoms with Crippen LogP contribution in [-0.2, 0) is 0 Å². The van der Waals surface area contributed by atoms with Crippen molar-refractivity contribution in [2.24, 2.45) is 0 Å². The summed E-state index contributed by atoms with van der Waals surface area (Å²) in [5, 5.41) is 11.3. The minimum Gasteiger partial charge on any atom is -0.497 e. The van der Waals surface area contributed by atoms with Crippen molar-refractivity contribution < 1.29 is 23.2 Å². The Balaban J connectivity index is 1.72. The summed E-state index contributed by atoms with van der Waals surface area (Å²) in [6.07, 6.45) is 1.12. The molecule has 0 unspecified atom stereocenters. The molecule has 0 spiro atoms. The maximum absolute atomic E-state index is 14.1. The number of benzene rings is 2. The first-order valence-corrected chi connectivity index (χ1v) is 8.17. The van der Waals surface area contributed by atoms with Gasteiger partial charge in [0.05, 0.1) is 12.0 Å². The molecule has 2 aromatic rings. The Bertz CT molecular complexity index is 791. The molecule has 6 nitrogen and oxygen atoms in total. The van der Waals surface area contributed by atoms with E-state index in [0.29, 0.717) is 31.7 Å². The molecule has 0 atom stereocenters. The molecule has 0 N–H and O–H groups in total. The maximum Gasteiger partial charge on any atom is 0.328 e. The Labute approximate surface area is 149 Å². The normalized spacial score (nSPS) is 15.0. The molecule has 1 aliphatic rings. The van der Waals surface area contributed by atoms with E-state index in [0.717, 1.165) is 6.07 Å². The minimum atomic E-state index is -0.922. The molecular weight excluding hydrogens is 346 g/mol. The number of hydrogen-bond donors (Lipinski definition) is 0. The van der Waals surface area contributed by atoms with Gasteiger partial charge in [-0.25, -0.2) is 4.39 Å². The topological polar surface area (TPSA) is 64.8 Å². The molecule has 0 bridgehead atoms. The lowest BCUT2D eigenvalue weighted by atomic mass is 10.1. The van der Waals surface area contributed by atoms with Gasteiger partial charge in [-0.05, 0) is 24.3 Å². The molecule has 0 aliphatic carbocycles. The van der Waals surface area contributed by atoms with Gasteiger partial charge in [-0.1, -0.05) is 0 Å². The molecule has 138 valence electrons. The van der Waals surface area contributed by atoms with Crippen molar-refractivity contribution in [3.8, 4) is 11.5 Å². The molecule has 0 aromatic heterocycles. The molecule has 26 heavy (non-hydrogen) atoms. The number of halogens is 2. The smallest absolute Gasteiger partial charge is 0.328 e. The predicted molar refractivity (Wildman–Crippen MR) is 91.9 cm³/mol. The number of rotatable bonds is 5. The summed E-state index contributed by atoms with van der Waals surface area (Å²) >= 11 is 0. The third kappa shape index (κ3) is 3.84. The highest BCUT2D eigenvalue weighted by Crippen LogP contribution is 2.36. The lowest BCUT2D eigenvalue weighted by Crippen LogP contribution is -2.38. The quantitative estimate of drug-likeness (QED) is 0.594. The summed E-state index contributed by atoms with van der Waals surface area (Å²) in [5.74, 6) is -0.454. The van der Waals surface area contributed by atoms with Crippen molar-refractivity contribution in [3.05, 3.63) is 58.1 Å². The van der Waals surface area contributed by atoms with Crippen LogP contribution in [0, 0.1) is 21.7 Å². The molecule has 0 amide bonds. The summed E-state index contributed by atoms with van der Waals surface area (Å²) in [5.41, 5.74) is -0.351. The van der Waals surface area contributed by atoms with Gasteiger partial charge in [-0.3, -0.25) is 10.1 Å². The number of methoxy groups -OCH3 is 1. The number of nitro benzene ring substituents is 1. The largest absolute Gasteiger partial charge is 0.497 e. The Hall–Kier alpha value is -2.90. The van der Waals surface area contributed by atoms with Crippen LogP contribution >= 0.6 is 0 Å². The van der Waals surface area contributed by atoms with E-state index in [-0.39, 0.29) is 23.4 Å². The fourth-order valence-electron chi connectivity index (χ4n) is 3.02. The van der Waals surface area contributed by atoms with Crippen LogP contribution in [0.4, 0.5) is 20.2 Å². The van der Waals surface area contributed by atoms with Gasteiger partial charge >= 0.3 is 5.69 Å². The first kappa shape index (κ1) is 17.9. The zero-order valence-electron chi connectivity index (χ0n) is 14.2. The van der Waals surface area contributed by atoms with Crippen molar-refractivity contribution >= 4 is 11.4 Å². The highest BCUT2D eigenvalue weighted by atomic mass is 19.1. The number of piperidine rings is 1.